The Balaban J connectivity index is 2.81. The highest BCUT2D eigenvalue weighted by Crippen LogP contribution is 2.35. The smallest absolute Gasteiger partial charge is 0.398 e. The van der Waals surface area contributed by atoms with E-state index in [1.165, 1.54) is 23.9 Å². The number of aliphatic hydroxyl groups is 1. The van der Waals surface area contributed by atoms with E-state index in [9.17, 15) is 18.3 Å². The van der Waals surface area contributed by atoms with Crippen LogP contribution in [0.5, 0.6) is 0 Å². The third kappa shape index (κ3) is 4.83. The molecule has 108 valence electrons. The number of nitrogen functional groups attached to an aromatic ring is 1. The SMILES string of the molecule is CSCC(C)(O)CNc1ccc(N)c(C(F)(F)F)c1. The molecule has 0 spiro atoms. The van der Waals surface area contributed by atoms with E-state index in [-0.39, 0.29) is 17.9 Å². The number of benzene rings is 1. The number of anilines is 2. The Morgan fingerprint density at radius 3 is 2.53 bits per heavy atom. The second-order valence-electron chi connectivity index (χ2n) is 4.58. The monoisotopic (exact) mass is 294 g/mol. The van der Waals surface area contributed by atoms with Crippen LogP contribution >= 0.6 is 11.8 Å². The second-order valence-corrected chi connectivity index (χ2v) is 5.45. The first-order valence-electron chi connectivity index (χ1n) is 5.57. The molecule has 4 N–H and O–H groups in total. The Kier molecular flexibility index (Phi) is 4.98. The summed E-state index contributed by atoms with van der Waals surface area (Å²) in [7, 11) is 0. The molecule has 7 heteroatoms. The number of nitrogens with one attached hydrogen (secondary N) is 1. The summed E-state index contributed by atoms with van der Waals surface area (Å²) in [5.41, 5.74) is 3.41. The molecule has 3 nitrogen and oxygen atoms in total. The van der Waals surface area contributed by atoms with E-state index in [0.29, 0.717) is 5.75 Å². The van der Waals surface area contributed by atoms with Crippen molar-refractivity contribution in [3.8, 4) is 0 Å². The molecule has 0 bridgehead atoms. The fraction of sp³-hybridized carbons (Fsp3) is 0.500. The van der Waals surface area contributed by atoms with E-state index in [0.717, 1.165) is 6.07 Å². The van der Waals surface area contributed by atoms with Crippen LogP contribution in [-0.2, 0) is 6.18 Å². The highest BCUT2D eigenvalue weighted by molar-refractivity contribution is 7.98. The maximum absolute atomic E-state index is 12.7. The van der Waals surface area contributed by atoms with Crippen LogP contribution in [0, 0.1) is 0 Å². The summed E-state index contributed by atoms with van der Waals surface area (Å²) in [4.78, 5) is 0. The van der Waals surface area contributed by atoms with Crippen LogP contribution in [0.3, 0.4) is 0 Å². The average molecular weight is 294 g/mol. The molecule has 0 amide bonds. The van der Waals surface area contributed by atoms with E-state index in [4.69, 9.17) is 5.73 Å². The lowest BCUT2D eigenvalue weighted by Crippen LogP contribution is -2.36. The molecule has 1 aromatic rings. The number of thioether (sulfide) groups is 1. The minimum atomic E-state index is -4.48. The Labute approximate surface area is 114 Å². The minimum absolute atomic E-state index is 0.162. The van der Waals surface area contributed by atoms with Crippen molar-refractivity contribution in [2.75, 3.05) is 29.6 Å². The van der Waals surface area contributed by atoms with Crippen LogP contribution in [0.25, 0.3) is 0 Å². The topological polar surface area (TPSA) is 58.3 Å². The van der Waals surface area contributed by atoms with Gasteiger partial charge in [0.05, 0.1) is 11.2 Å². The molecule has 0 aliphatic rings. The van der Waals surface area contributed by atoms with Gasteiger partial charge in [0.1, 0.15) is 0 Å². The number of alkyl halides is 3. The molecule has 1 unspecified atom stereocenters. The summed E-state index contributed by atoms with van der Waals surface area (Å²) in [6.45, 7) is 1.79. The van der Waals surface area contributed by atoms with Crippen LogP contribution in [0.4, 0.5) is 24.5 Å². The van der Waals surface area contributed by atoms with Gasteiger partial charge in [-0.1, -0.05) is 0 Å². The molecule has 19 heavy (non-hydrogen) atoms. The third-order valence-electron chi connectivity index (χ3n) is 2.49. The van der Waals surface area contributed by atoms with Gasteiger partial charge in [-0.05, 0) is 31.4 Å². The fourth-order valence-corrected chi connectivity index (χ4v) is 2.29. The number of hydrogen-bond acceptors (Lipinski definition) is 4. The van der Waals surface area contributed by atoms with Crippen molar-refractivity contribution in [3.05, 3.63) is 23.8 Å². The van der Waals surface area contributed by atoms with Gasteiger partial charge in [0, 0.05) is 23.7 Å². The Morgan fingerprint density at radius 1 is 1.37 bits per heavy atom. The van der Waals surface area contributed by atoms with E-state index < -0.39 is 17.3 Å². The molecule has 0 fully saturated rings. The summed E-state index contributed by atoms with van der Waals surface area (Å²) in [6.07, 6.45) is -2.64. The first kappa shape index (κ1) is 16.0. The lowest BCUT2D eigenvalue weighted by molar-refractivity contribution is -0.136. The Bertz CT molecular complexity index is 435. The van der Waals surface area contributed by atoms with Crippen LogP contribution in [-0.4, -0.2) is 29.3 Å². The molecule has 1 atom stereocenters. The summed E-state index contributed by atoms with van der Waals surface area (Å²) >= 11 is 1.46. The predicted octanol–water partition coefficient (Wildman–Crippen LogP) is 2.81. The van der Waals surface area contributed by atoms with Crippen molar-refractivity contribution in [2.45, 2.75) is 18.7 Å². The largest absolute Gasteiger partial charge is 0.418 e. The van der Waals surface area contributed by atoms with Crippen LogP contribution in [0.15, 0.2) is 18.2 Å². The highest BCUT2D eigenvalue weighted by Gasteiger charge is 2.33. The number of rotatable bonds is 5. The first-order valence-corrected chi connectivity index (χ1v) is 6.97. The molecule has 0 aromatic heterocycles. The van der Waals surface area contributed by atoms with Crippen molar-refractivity contribution in [2.24, 2.45) is 0 Å². The number of hydrogen-bond donors (Lipinski definition) is 3. The van der Waals surface area contributed by atoms with Crippen LogP contribution < -0.4 is 11.1 Å². The molecule has 0 radical (unpaired) electrons. The highest BCUT2D eigenvalue weighted by atomic mass is 32.2. The fourth-order valence-electron chi connectivity index (χ4n) is 1.57. The van der Waals surface area contributed by atoms with Crippen LogP contribution in [0.2, 0.25) is 0 Å². The molecule has 1 rings (SSSR count). The van der Waals surface area contributed by atoms with Crippen molar-refractivity contribution in [1.29, 1.82) is 0 Å². The maximum Gasteiger partial charge on any atom is 0.418 e. The molecule has 1 aromatic carbocycles. The predicted molar refractivity (Wildman–Crippen MR) is 73.4 cm³/mol. The first-order chi connectivity index (χ1) is 8.65. The van der Waals surface area contributed by atoms with Gasteiger partial charge < -0.3 is 16.2 Å². The lowest BCUT2D eigenvalue weighted by Gasteiger charge is -2.23. The van der Waals surface area contributed by atoms with E-state index in [1.54, 1.807) is 6.92 Å². The Hall–Kier alpha value is -1.08. The minimum Gasteiger partial charge on any atom is -0.398 e. The van der Waals surface area contributed by atoms with E-state index >= 15 is 0 Å². The molecule has 0 saturated carbocycles. The van der Waals surface area contributed by atoms with Gasteiger partial charge in [0.15, 0.2) is 0 Å². The van der Waals surface area contributed by atoms with Gasteiger partial charge in [0.2, 0.25) is 0 Å². The van der Waals surface area contributed by atoms with Crippen molar-refractivity contribution in [3.63, 3.8) is 0 Å². The summed E-state index contributed by atoms with van der Waals surface area (Å²) in [6, 6.07) is 3.61. The molecule has 0 aliphatic heterocycles. The Morgan fingerprint density at radius 2 is 2.00 bits per heavy atom. The van der Waals surface area contributed by atoms with Gasteiger partial charge in [-0.25, -0.2) is 0 Å². The normalized spacial score (nSPS) is 15.1. The van der Waals surface area contributed by atoms with Gasteiger partial charge in [-0.3, -0.25) is 0 Å². The lowest BCUT2D eigenvalue weighted by atomic mass is 10.1. The standard InChI is InChI=1S/C12H17F3N2OS/c1-11(18,7-19-2)6-17-8-3-4-10(16)9(5-8)12(13,14)15/h3-5,17-18H,6-7,16H2,1-2H3. The zero-order valence-corrected chi connectivity index (χ0v) is 11.5. The third-order valence-corrected chi connectivity index (χ3v) is 3.40. The second kappa shape index (κ2) is 5.92. The van der Waals surface area contributed by atoms with Gasteiger partial charge >= 0.3 is 6.18 Å². The van der Waals surface area contributed by atoms with Gasteiger partial charge in [0.25, 0.3) is 0 Å². The number of halogens is 3. The van der Waals surface area contributed by atoms with Crippen molar-refractivity contribution < 1.29 is 18.3 Å². The molecule has 0 heterocycles. The molecule has 0 aliphatic carbocycles. The molecular formula is C12H17F3N2OS. The van der Waals surface area contributed by atoms with E-state index in [2.05, 4.69) is 5.32 Å². The summed E-state index contributed by atoms with van der Waals surface area (Å²) in [5, 5.41) is 12.7. The zero-order valence-electron chi connectivity index (χ0n) is 10.7. The van der Waals surface area contributed by atoms with Crippen LogP contribution in [0.1, 0.15) is 12.5 Å². The quantitative estimate of drug-likeness (QED) is 0.731. The van der Waals surface area contributed by atoms with Gasteiger partial charge in [-0.2, -0.15) is 24.9 Å². The average Bonchev–Trinajstić information content (AvgIpc) is 2.26. The number of nitrogens with two attached hydrogens (primary N) is 1. The maximum atomic E-state index is 12.7. The molecular weight excluding hydrogens is 277 g/mol. The molecule has 0 saturated heterocycles. The van der Waals surface area contributed by atoms with Gasteiger partial charge in [-0.15, -0.1) is 0 Å². The summed E-state index contributed by atoms with van der Waals surface area (Å²) < 4.78 is 38.0. The van der Waals surface area contributed by atoms with Crippen molar-refractivity contribution in [1.82, 2.24) is 0 Å². The zero-order chi connectivity index (χ0) is 14.7. The summed E-state index contributed by atoms with van der Waals surface area (Å²) in [5.74, 6) is 0.487. The van der Waals surface area contributed by atoms with E-state index in [1.807, 2.05) is 6.26 Å². The van der Waals surface area contributed by atoms with Crippen molar-refractivity contribution >= 4 is 23.1 Å².